The van der Waals surface area contributed by atoms with Crippen LogP contribution in [0.2, 0.25) is 0 Å². The monoisotopic (exact) mass is 361 g/mol. The molecule has 0 atom stereocenters. The summed E-state index contributed by atoms with van der Waals surface area (Å²) in [4.78, 5) is 27.2. The van der Waals surface area contributed by atoms with Crippen LogP contribution in [0.5, 0.6) is 5.75 Å². The average Bonchev–Trinajstić information content (AvgIpc) is 3.14. The number of rotatable bonds is 4. The number of nitrogens with one attached hydrogen (secondary N) is 3. The van der Waals surface area contributed by atoms with Crippen LogP contribution in [0, 0.1) is 11.8 Å². The fourth-order valence-corrected chi connectivity index (χ4v) is 2.64. The molecule has 6 heteroatoms. The van der Waals surface area contributed by atoms with Crippen LogP contribution < -0.4 is 15.4 Å². The van der Waals surface area contributed by atoms with Crippen LogP contribution in [0.3, 0.4) is 0 Å². The lowest BCUT2D eigenvalue weighted by Crippen LogP contribution is -2.23. The zero-order chi connectivity index (χ0) is 19.2. The van der Waals surface area contributed by atoms with Gasteiger partial charge in [0.2, 0.25) is 0 Å². The molecule has 2 amide bonds. The maximum Gasteiger partial charge on any atom is 0.268 e. The summed E-state index contributed by atoms with van der Waals surface area (Å²) in [6.45, 7) is 0.166. The summed E-state index contributed by atoms with van der Waals surface area (Å²) in [5.41, 5.74) is 2.39. The van der Waals surface area contributed by atoms with Gasteiger partial charge in [-0.3, -0.25) is 9.59 Å². The summed E-state index contributed by atoms with van der Waals surface area (Å²) >= 11 is 0. The summed E-state index contributed by atoms with van der Waals surface area (Å²) in [6.07, 6.45) is 0. The van der Waals surface area contributed by atoms with Crippen LogP contribution in [-0.4, -0.2) is 37.5 Å². The highest BCUT2D eigenvalue weighted by Crippen LogP contribution is 2.21. The number of fused-ring (bicyclic) bond motifs is 1. The van der Waals surface area contributed by atoms with Gasteiger partial charge in [0, 0.05) is 29.6 Å². The average molecular weight is 361 g/mol. The molecular formula is C21H19N3O3. The van der Waals surface area contributed by atoms with Crippen LogP contribution in [0.25, 0.3) is 10.9 Å². The summed E-state index contributed by atoms with van der Waals surface area (Å²) in [5.74, 6) is 6.07. The van der Waals surface area contributed by atoms with E-state index in [0.717, 1.165) is 16.7 Å². The molecule has 0 bridgehead atoms. The first-order valence-electron chi connectivity index (χ1n) is 8.37. The van der Waals surface area contributed by atoms with Gasteiger partial charge < -0.3 is 20.4 Å². The first-order valence-corrected chi connectivity index (χ1v) is 8.37. The number of amides is 2. The van der Waals surface area contributed by atoms with Crippen molar-refractivity contribution in [2.75, 3.05) is 20.7 Å². The molecule has 6 nitrogen and oxygen atoms in total. The Bertz CT molecular complexity index is 1060. The third-order valence-corrected chi connectivity index (χ3v) is 4.03. The molecule has 0 aliphatic carbocycles. The van der Waals surface area contributed by atoms with Crippen molar-refractivity contribution < 1.29 is 14.3 Å². The zero-order valence-corrected chi connectivity index (χ0v) is 15.1. The smallest absolute Gasteiger partial charge is 0.268 e. The quantitative estimate of drug-likeness (QED) is 0.624. The lowest BCUT2D eigenvalue weighted by molar-refractivity contribution is 0.0949. The van der Waals surface area contributed by atoms with E-state index in [0.29, 0.717) is 16.8 Å². The van der Waals surface area contributed by atoms with E-state index in [4.69, 9.17) is 4.74 Å². The maximum absolute atomic E-state index is 12.3. The van der Waals surface area contributed by atoms with Gasteiger partial charge in [-0.2, -0.15) is 0 Å². The van der Waals surface area contributed by atoms with Crippen molar-refractivity contribution in [3.05, 3.63) is 65.4 Å². The molecule has 1 heterocycles. The molecular weight excluding hydrogens is 342 g/mol. The molecule has 2 aromatic carbocycles. The molecule has 27 heavy (non-hydrogen) atoms. The Hall–Kier alpha value is -3.72. The number of carbonyl (C=O) groups excluding carboxylic acids is 2. The predicted molar refractivity (Wildman–Crippen MR) is 104 cm³/mol. The largest absolute Gasteiger partial charge is 0.497 e. The number of methoxy groups -OCH3 is 1. The molecule has 0 aliphatic rings. The van der Waals surface area contributed by atoms with Crippen molar-refractivity contribution in [1.29, 1.82) is 0 Å². The Balaban J connectivity index is 1.67. The number of ether oxygens (including phenoxy) is 1. The summed E-state index contributed by atoms with van der Waals surface area (Å²) in [6, 6.07) is 14.4. The summed E-state index contributed by atoms with van der Waals surface area (Å²) in [7, 11) is 3.17. The first-order chi connectivity index (χ1) is 13.1. The van der Waals surface area contributed by atoms with E-state index in [1.165, 1.54) is 0 Å². The van der Waals surface area contributed by atoms with Crippen molar-refractivity contribution >= 4 is 22.7 Å². The van der Waals surface area contributed by atoms with Crippen LogP contribution in [-0.2, 0) is 0 Å². The molecule has 3 N–H and O–H groups in total. The standard InChI is InChI=1S/C21H19N3O3/c1-22-20(25)17-8-4-3-6-14(17)7-5-11-23-21(26)19-12-15-9-10-16(27-2)13-18(15)24-19/h3-4,6,8-10,12-13,24H,11H2,1-2H3,(H,22,25)(H,23,26). The van der Waals surface area contributed by atoms with Crippen LogP contribution in [0.4, 0.5) is 0 Å². The van der Waals surface area contributed by atoms with Gasteiger partial charge in [0.25, 0.3) is 11.8 Å². The molecule has 0 fully saturated rings. The number of aromatic nitrogens is 1. The highest BCUT2D eigenvalue weighted by molar-refractivity contribution is 5.98. The number of carbonyl (C=O) groups is 2. The fourth-order valence-electron chi connectivity index (χ4n) is 2.64. The lowest BCUT2D eigenvalue weighted by atomic mass is 10.1. The summed E-state index contributed by atoms with van der Waals surface area (Å²) in [5, 5.41) is 6.25. The van der Waals surface area contributed by atoms with E-state index < -0.39 is 0 Å². The van der Waals surface area contributed by atoms with E-state index in [1.54, 1.807) is 38.4 Å². The molecule has 0 saturated heterocycles. The minimum atomic E-state index is -0.251. The minimum Gasteiger partial charge on any atom is -0.497 e. The van der Waals surface area contributed by atoms with Crippen molar-refractivity contribution in [2.24, 2.45) is 0 Å². The molecule has 0 saturated carbocycles. The normalized spacial score (nSPS) is 10.0. The molecule has 0 spiro atoms. The molecule has 0 unspecified atom stereocenters. The van der Waals surface area contributed by atoms with Crippen molar-refractivity contribution in [3.63, 3.8) is 0 Å². The van der Waals surface area contributed by atoms with Gasteiger partial charge >= 0.3 is 0 Å². The van der Waals surface area contributed by atoms with Crippen molar-refractivity contribution in [3.8, 4) is 17.6 Å². The molecule has 0 aliphatic heterocycles. The minimum absolute atomic E-state index is 0.166. The Morgan fingerprint density at radius 3 is 2.70 bits per heavy atom. The zero-order valence-electron chi connectivity index (χ0n) is 15.1. The molecule has 3 aromatic rings. The van der Waals surface area contributed by atoms with E-state index in [-0.39, 0.29) is 18.4 Å². The van der Waals surface area contributed by atoms with E-state index >= 15 is 0 Å². The second kappa shape index (κ2) is 8.11. The van der Waals surface area contributed by atoms with Crippen molar-refractivity contribution in [2.45, 2.75) is 0 Å². The second-order valence-corrected chi connectivity index (χ2v) is 5.75. The number of hydrogen-bond acceptors (Lipinski definition) is 3. The third kappa shape index (κ3) is 4.10. The topological polar surface area (TPSA) is 83.2 Å². The molecule has 136 valence electrons. The predicted octanol–water partition coefficient (Wildman–Crippen LogP) is 2.32. The van der Waals surface area contributed by atoms with Crippen LogP contribution in [0.15, 0.2) is 48.5 Å². The number of H-pyrrole nitrogens is 1. The highest BCUT2D eigenvalue weighted by Gasteiger charge is 2.09. The molecule has 3 rings (SSSR count). The van der Waals surface area contributed by atoms with Crippen molar-refractivity contribution in [1.82, 2.24) is 15.6 Å². The Morgan fingerprint density at radius 1 is 1.11 bits per heavy atom. The Labute approximate surface area is 156 Å². The van der Waals surface area contributed by atoms with Gasteiger partial charge in [0.15, 0.2) is 0 Å². The molecule has 0 radical (unpaired) electrons. The fraction of sp³-hybridized carbons (Fsp3) is 0.143. The number of hydrogen-bond donors (Lipinski definition) is 3. The van der Waals surface area contributed by atoms with E-state index in [1.807, 2.05) is 24.3 Å². The first kappa shape index (κ1) is 18.1. The summed E-state index contributed by atoms with van der Waals surface area (Å²) < 4.78 is 5.18. The molecule has 1 aromatic heterocycles. The third-order valence-electron chi connectivity index (χ3n) is 4.03. The number of aromatic amines is 1. The second-order valence-electron chi connectivity index (χ2n) is 5.75. The SMILES string of the molecule is CNC(=O)c1ccccc1C#CCNC(=O)c1cc2ccc(OC)cc2[nH]1. The highest BCUT2D eigenvalue weighted by atomic mass is 16.5. The Morgan fingerprint density at radius 2 is 1.93 bits per heavy atom. The van der Waals surface area contributed by atoms with Gasteiger partial charge in [-0.25, -0.2) is 0 Å². The number of benzene rings is 2. The van der Waals surface area contributed by atoms with Crippen LogP contribution in [0.1, 0.15) is 26.4 Å². The lowest BCUT2D eigenvalue weighted by Gasteiger charge is -2.02. The van der Waals surface area contributed by atoms with E-state index in [2.05, 4.69) is 27.5 Å². The Kier molecular flexibility index (Phi) is 5.43. The van der Waals surface area contributed by atoms with Gasteiger partial charge in [-0.05, 0) is 30.3 Å². The van der Waals surface area contributed by atoms with E-state index in [9.17, 15) is 9.59 Å². The van der Waals surface area contributed by atoms with Gasteiger partial charge in [-0.1, -0.05) is 24.0 Å². The van der Waals surface area contributed by atoms with Gasteiger partial charge in [0.05, 0.1) is 19.2 Å². The maximum atomic E-state index is 12.3. The van der Waals surface area contributed by atoms with Crippen LogP contribution >= 0.6 is 0 Å². The van der Waals surface area contributed by atoms with Gasteiger partial charge in [-0.15, -0.1) is 0 Å². The van der Waals surface area contributed by atoms with Gasteiger partial charge in [0.1, 0.15) is 11.4 Å².